The number of aromatic nitrogens is 2. The average molecular weight is 346 g/mol. The molecule has 1 atom stereocenters. The third-order valence-corrected chi connectivity index (χ3v) is 5.13. The zero-order valence-corrected chi connectivity index (χ0v) is 14.8. The lowest BCUT2D eigenvalue weighted by molar-refractivity contribution is -0.0155. The molecule has 0 saturated carbocycles. The lowest BCUT2D eigenvalue weighted by Crippen LogP contribution is -2.47. The zero-order valence-electron chi connectivity index (χ0n) is 14.0. The number of urea groups is 1. The SMILES string of the molecule is Cc1csc(C2CN(C(=O)NCCc3ccncc3C)CCO2)n1. The van der Waals surface area contributed by atoms with Crippen LogP contribution < -0.4 is 5.32 Å². The Balaban J connectivity index is 1.50. The number of aryl methyl sites for hydroxylation is 2. The lowest BCUT2D eigenvalue weighted by atomic mass is 10.1. The van der Waals surface area contributed by atoms with Gasteiger partial charge in [-0.3, -0.25) is 4.98 Å². The minimum Gasteiger partial charge on any atom is -0.367 e. The second-order valence-electron chi connectivity index (χ2n) is 5.92. The molecule has 128 valence electrons. The first-order valence-electron chi connectivity index (χ1n) is 8.09. The number of carbonyl (C=O) groups excluding carboxylic acids is 1. The summed E-state index contributed by atoms with van der Waals surface area (Å²) in [6.45, 7) is 6.32. The van der Waals surface area contributed by atoms with Crippen LogP contribution in [0.15, 0.2) is 23.8 Å². The van der Waals surface area contributed by atoms with Gasteiger partial charge in [-0.25, -0.2) is 9.78 Å². The number of hydrogen-bond donors (Lipinski definition) is 1. The van der Waals surface area contributed by atoms with Crippen LogP contribution in [0.5, 0.6) is 0 Å². The Hall–Kier alpha value is -1.99. The highest BCUT2D eigenvalue weighted by Gasteiger charge is 2.27. The Morgan fingerprint density at radius 2 is 2.38 bits per heavy atom. The van der Waals surface area contributed by atoms with E-state index in [1.54, 1.807) is 17.5 Å². The fourth-order valence-electron chi connectivity index (χ4n) is 2.70. The van der Waals surface area contributed by atoms with Crippen LogP contribution in [0.1, 0.15) is 27.9 Å². The van der Waals surface area contributed by atoms with Gasteiger partial charge in [0, 0.05) is 36.6 Å². The van der Waals surface area contributed by atoms with Crippen LogP contribution in [0.3, 0.4) is 0 Å². The molecule has 1 unspecified atom stereocenters. The van der Waals surface area contributed by atoms with Crippen molar-refractivity contribution in [3.05, 3.63) is 45.7 Å². The summed E-state index contributed by atoms with van der Waals surface area (Å²) in [6, 6.07) is 1.96. The van der Waals surface area contributed by atoms with Crippen molar-refractivity contribution in [1.29, 1.82) is 0 Å². The quantitative estimate of drug-likeness (QED) is 0.923. The Labute approximate surface area is 145 Å². The highest BCUT2D eigenvalue weighted by Crippen LogP contribution is 2.25. The predicted octanol–water partition coefficient (Wildman–Crippen LogP) is 2.48. The van der Waals surface area contributed by atoms with Crippen molar-refractivity contribution < 1.29 is 9.53 Å². The molecule has 2 amide bonds. The van der Waals surface area contributed by atoms with E-state index in [1.165, 1.54) is 5.56 Å². The van der Waals surface area contributed by atoms with Gasteiger partial charge >= 0.3 is 6.03 Å². The molecule has 1 saturated heterocycles. The number of carbonyl (C=O) groups is 1. The maximum absolute atomic E-state index is 12.4. The summed E-state index contributed by atoms with van der Waals surface area (Å²) in [6.07, 6.45) is 4.32. The van der Waals surface area contributed by atoms with Crippen molar-refractivity contribution in [1.82, 2.24) is 20.2 Å². The number of nitrogens with one attached hydrogen (secondary N) is 1. The molecule has 24 heavy (non-hydrogen) atoms. The van der Waals surface area contributed by atoms with Crippen molar-refractivity contribution in [2.24, 2.45) is 0 Å². The lowest BCUT2D eigenvalue weighted by Gasteiger charge is -2.32. The van der Waals surface area contributed by atoms with Gasteiger partial charge in [-0.15, -0.1) is 11.3 Å². The topological polar surface area (TPSA) is 67.4 Å². The molecule has 2 aromatic heterocycles. The standard InChI is InChI=1S/C17H22N4O2S/c1-12-9-18-5-3-14(12)4-6-19-17(22)21-7-8-23-15(10-21)16-20-13(2)11-24-16/h3,5,9,11,15H,4,6-8,10H2,1-2H3,(H,19,22). The van der Waals surface area contributed by atoms with Gasteiger partial charge in [-0.1, -0.05) is 0 Å². The molecule has 7 heteroatoms. The van der Waals surface area contributed by atoms with Gasteiger partial charge in [0.05, 0.1) is 13.2 Å². The maximum Gasteiger partial charge on any atom is 0.317 e. The first-order chi connectivity index (χ1) is 11.6. The van der Waals surface area contributed by atoms with Crippen LogP contribution in [-0.2, 0) is 11.2 Å². The van der Waals surface area contributed by atoms with Gasteiger partial charge in [0.15, 0.2) is 0 Å². The summed E-state index contributed by atoms with van der Waals surface area (Å²) >= 11 is 1.59. The number of hydrogen-bond acceptors (Lipinski definition) is 5. The van der Waals surface area contributed by atoms with Gasteiger partial charge in [0.1, 0.15) is 11.1 Å². The largest absolute Gasteiger partial charge is 0.367 e. The number of rotatable bonds is 4. The van der Waals surface area contributed by atoms with E-state index >= 15 is 0 Å². The van der Waals surface area contributed by atoms with E-state index in [2.05, 4.69) is 15.3 Å². The third kappa shape index (κ3) is 4.10. The van der Waals surface area contributed by atoms with E-state index in [1.807, 2.05) is 36.4 Å². The fraction of sp³-hybridized carbons (Fsp3) is 0.471. The predicted molar refractivity (Wildman–Crippen MR) is 93.2 cm³/mol. The Morgan fingerprint density at radius 3 is 3.12 bits per heavy atom. The van der Waals surface area contributed by atoms with E-state index < -0.39 is 0 Å². The van der Waals surface area contributed by atoms with Crippen LogP contribution in [0.25, 0.3) is 0 Å². The van der Waals surface area contributed by atoms with Crippen molar-refractivity contribution in [3.8, 4) is 0 Å². The minimum atomic E-state index is -0.120. The molecule has 1 aliphatic rings. The third-order valence-electron chi connectivity index (χ3n) is 4.07. The molecule has 2 aromatic rings. The molecule has 0 bridgehead atoms. The second-order valence-corrected chi connectivity index (χ2v) is 6.81. The number of pyridine rings is 1. The summed E-state index contributed by atoms with van der Waals surface area (Å²) in [4.78, 5) is 22.7. The molecule has 0 spiro atoms. The van der Waals surface area contributed by atoms with E-state index in [0.717, 1.165) is 22.7 Å². The summed E-state index contributed by atoms with van der Waals surface area (Å²) in [5.41, 5.74) is 3.36. The summed E-state index contributed by atoms with van der Waals surface area (Å²) in [5, 5.41) is 5.95. The van der Waals surface area contributed by atoms with Gasteiger partial charge in [-0.05, 0) is 37.5 Å². The molecule has 3 heterocycles. The first-order valence-corrected chi connectivity index (χ1v) is 8.97. The highest BCUT2D eigenvalue weighted by molar-refractivity contribution is 7.09. The number of nitrogens with zero attached hydrogens (tertiary/aromatic N) is 3. The number of amides is 2. The molecule has 6 nitrogen and oxygen atoms in total. The van der Waals surface area contributed by atoms with Crippen molar-refractivity contribution >= 4 is 17.4 Å². The molecular formula is C17H22N4O2S. The average Bonchev–Trinajstić information content (AvgIpc) is 3.03. The smallest absolute Gasteiger partial charge is 0.317 e. The highest BCUT2D eigenvalue weighted by atomic mass is 32.1. The molecule has 0 radical (unpaired) electrons. The van der Waals surface area contributed by atoms with Crippen LogP contribution >= 0.6 is 11.3 Å². The van der Waals surface area contributed by atoms with E-state index in [0.29, 0.717) is 26.2 Å². The molecule has 1 fully saturated rings. The molecule has 0 aliphatic carbocycles. The normalized spacial score (nSPS) is 17.8. The van der Waals surface area contributed by atoms with E-state index in [4.69, 9.17) is 4.74 Å². The molecule has 1 N–H and O–H groups in total. The van der Waals surface area contributed by atoms with Crippen LogP contribution in [0.4, 0.5) is 4.79 Å². The van der Waals surface area contributed by atoms with Crippen LogP contribution in [0, 0.1) is 13.8 Å². The second kappa shape index (κ2) is 7.72. The Morgan fingerprint density at radius 1 is 1.50 bits per heavy atom. The van der Waals surface area contributed by atoms with Gasteiger partial charge in [-0.2, -0.15) is 0 Å². The van der Waals surface area contributed by atoms with Crippen LogP contribution in [0.2, 0.25) is 0 Å². The number of morpholine rings is 1. The van der Waals surface area contributed by atoms with Crippen molar-refractivity contribution in [2.75, 3.05) is 26.2 Å². The van der Waals surface area contributed by atoms with E-state index in [-0.39, 0.29) is 12.1 Å². The zero-order chi connectivity index (χ0) is 16.9. The van der Waals surface area contributed by atoms with Gasteiger partial charge in [0.2, 0.25) is 0 Å². The number of ether oxygens (including phenoxy) is 1. The monoisotopic (exact) mass is 346 g/mol. The molecule has 3 rings (SSSR count). The maximum atomic E-state index is 12.4. The minimum absolute atomic E-state index is 0.0386. The van der Waals surface area contributed by atoms with Gasteiger partial charge < -0.3 is 15.0 Å². The van der Waals surface area contributed by atoms with Crippen molar-refractivity contribution in [3.63, 3.8) is 0 Å². The molecular weight excluding hydrogens is 324 g/mol. The summed E-state index contributed by atoms with van der Waals surface area (Å²) < 4.78 is 5.77. The molecule has 0 aromatic carbocycles. The Bertz CT molecular complexity index is 703. The van der Waals surface area contributed by atoms with Crippen LogP contribution in [-0.4, -0.2) is 47.1 Å². The first kappa shape index (κ1) is 16.9. The Kier molecular flexibility index (Phi) is 5.42. The summed E-state index contributed by atoms with van der Waals surface area (Å²) in [7, 11) is 0. The number of thiazole rings is 1. The molecule has 1 aliphatic heterocycles. The van der Waals surface area contributed by atoms with E-state index in [9.17, 15) is 4.79 Å². The summed E-state index contributed by atoms with van der Waals surface area (Å²) in [5.74, 6) is 0. The van der Waals surface area contributed by atoms with Crippen molar-refractivity contribution in [2.45, 2.75) is 26.4 Å². The fourth-order valence-corrected chi connectivity index (χ4v) is 3.54. The van der Waals surface area contributed by atoms with Gasteiger partial charge in [0.25, 0.3) is 0 Å².